The molecule has 0 aliphatic heterocycles. The van der Waals surface area contributed by atoms with Crippen molar-refractivity contribution in [2.45, 2.75) is 0 Å². The summed E-state index contributed by atoms with van der Waals surface area (Å²) in [5.74, 6) is -1.41. The van der Waals surface area contributed by atoms with Gasteiger partial charge in [0.25, 0.3) is 0 Å². The number of pyridine rings is 1. The molecule has 0 bridgehead atoms. The van der Waals surface area contributed by atoms with Crippen LogP contribution in [0.2, 0.25) is 0 Å². The van der Waals surface area contributed by atoms with E-state index in [4.69, 9.17) is 10.8 Å². The van der Waals surface area contributed by atoms with Crippen molar-refractivity contribution in [2.75, 3.05) is 6.54 Å². The Balaban J connectivity index is 0. The average molecular weight is 263 g/mol. The van der Waals surface area contributed by atoms with Crippen LogP contribution in [-0.4, -0.2) is 28.5 Å². The van der Waals surface area contributed by atoms with Crippen molar-refractivity contribution in [3.8, 4) is 0 Å². The first kappa shape index (κ1) is 16.1. The largest absolute Gasteiger partial charge is 0.480 e. The zero-order valence-corrected chi connectivity index (χ0v) is 11.1. The Bertz CT molecular complexity index is 305. The van der Waals surface area contributed by atoms with E-state index < -0.39 is 11.9 Å². The third-order valence-corrected chi connectivity index (χ3v) is 1.12. The van der Waals surface area contributed by atoms with E-state index in [1.54, 1.807) is 18.3 Å². The molecule has 0 atom stereocenters. The van der Waals surface area contributed by atoms with Gasteiger partial charge in [-0.05, 0) is 12.1 Å². The summed E-state index contributed by atoms with van der Waals surface area (Å²) in [6.07, 6.45) is 3.02. The topological polar surface area (TPSA) is 119 Å². The number of aliphatic carboxylic acids is 1. The van der Waals surface area contributed by atoms with Gasteiger partial charge in [0, 0.05) is 31.9 Å². The molecule has 15 heavy (non-hydrogen) atoms. The fourth-order valence-corrected chi connectivity index (χ4v) is 0.509. The first-order valence-electron chi connectivity index (χ1n) is 3.69. The first-order valence-corrected chi connectivity index (χ1v) is 3.69. The summed E-state index contributed by atoms with van der Waals surface area (Å²) in [5, 5.41) is 7.60. The molecule has 0 fully saturated rings. The number of rotatable bonds is 2. The van der Waals surface area contributed by atoms with Gasteiger partial charge in [0.2, 0.25) is 5.91 Å². The van der Waals surface area contributed by atoms with E-state index in [0.717, 1.165) is 0 Å². The predicted molar refractivity (Wildman–Crippen MR) is 49.4 cm³/mol. The number of aromatic nitrogens is 1. The third kappa shape index (κ3) is 8.99. The molecule has 78 valence electrons. The molecular weight excluding hydrogens is 251 g/mol. The monoisotopic (exact) mass is 261 g/mol. The second kappa shape index (κ2) is 9.24. The molecule has 0 unspecified atom stereocenters. The van der Waals surface area contributed by atoms with Crippen molar-refractivity contribution in [1.29, 1.82) is 0 Å². The minimum atomic E-state index is -0.968. The smallest absolute Gasteiger partial charge is 0.317 e. The van der Waals surface area contributed by atoms with Crippen LogP contribution in [0.1, 0.15) is 10.4 Å². The van der Waals surface area contributed by atoms with Crippen LogP contribution in [0.5, 0.6) is 0 Å². The van der Waals surface area contributed by atoms with Gasteiger partial charge in [-0.2, -0.15) is 0 Å². The van der Waals surface area contributed by atoms with Crippen molar-refractivity contribution in [3.63, 3.8) is 0 Å². The van der Waals surface area contributed by atoms with E-state index in [9.17, 15) is 9.59 Å². The summed E-state index contributed by atoms with van der Waals surface area (Å²) < 4.78 is 0. The van der Waals surface area contributed by atoms with Gasteiger partial charge in [-0.25, -0.2) is 0 Å². The third-order valence-electron chi connectivity index (χ3n) is 1.12. The summed E-state index contributed by atoms with van der Waals surface area (Å²) in [6, 6.07) is 3.29. The van der Waals surface area contributed by atoms with Crippen LogP contribution in [0, 0.1) is 0 Å². The molecule has 1 heterocycles. The molecule has 1 aromatic heterocycles. The number of nitrogens with zero attached hydrogens (tertiary/aromatic N) is 1. The molecule has 6 nitrogen and oxygen atoms in total. The van der Waals surface area contributed by atoms with Crippen LogP contribution in [0.3, 0.4) is 0 Å². The molecule has 1 aromatic rings. The maximum Gasteiger partial charge on any atom is 0.317 e. The van der Waals surface area contributed by atoms with Gasteiger partial charge in [0.1, 0.15) is 0 Å². The van der Waals surface area contributed by atoms with E-state index in [1.165, 1.54) is 6.20 Å². The second-order valence-corrected chi connectivity index (χ2v) is 2.20. The summed E-state index contributed by atoms with van der Waals surface area (Å²) in [5.41, 5.74) is 9.95. The van der Waals surface area contributed by atoms with Crippen LogP contribution in [0.25, 0.3) is 0 Å². The Morgan fingerprint density at radius 2 is 2.00 bits per heavy atom. The number of carboxylic acids is 1. The minimum Gasteiger partial charge on any atom is -0.480 e. The Kier molecular flexibility index (Phi) is 9.92. The van der Waals surface area contributed by atoms with Crippen LogP contribution < -0.4 is 11.5 Å². The van der Waals surface area contributed by atoms with Crippen molar-refractivity contribution in [2.24, 2.45) is 11.5 Å². The molecule has 0 aliphatic carbocycles. The summed E-state index contributed by atoms with van der Waals surface area (Å²) >= 11 is 0. The van der Waals surface area contributed by atoms with Gasteiger partial charge < -0.3 is 16.6 Å². The van der Waals surface area contributed by atoms with Crippen LogP contribution in [0.4, 0.5) is 0 Å². The van der Waals surface area contributed by atoms with Gasteiger partial charge in [-0.3, -0.25) is 14.6 Å². The molecule has 1 amide bonds. The second-order valence-electron chi connectivity index (χ2n) is 2.20. The van der Waals surface area contributed by atoms with Gasteiger partial charge in [0.05, 0.1) is 12.1 Å². The summed E-state index contributed by atoms with van der Waals surface area (Å²) in [6.45, 7) is -0.278. The molecule has 0 saturated heterocycles. The number of primary amides is 1. The zero-order valence-electron chi connectivity index (χ0n) is 8.09. The number of carboxylic acid groups (broad SMARTS) is 1. The van der Waals surface area contributed by atoms with Gasteiger partial charge in [0.15, 0.2) is 0 Å². The Hall–Kier alpha value is -1.33. The van der Waals surface area contributed by atoms with Crippen LogP contribution in [-0.2, 0) is 24.3 Å². The molecule has 5 N–H and O–H groups in total. The standard InChI is InChI=1S/C6H6N2O.C2H5NO2.Zn/c7-6(9)5-2-1-3-8-4-5;3-1-2(4)5;/h1-4H,(H2,7,9);1,3H2,(H,4,5);. The van der Waals surface area contributed by atoms with Crippen molar-refractivity contribution < 1.29 is 34.2 Å². The molecule has 0 aliphatic rings. The van der Waals surface area contributed by atoms with Crippen LogP contribution in [0.15, 0.2) is 24.5 Å². The molecule has 1 rings (SSSR count). The zero-order chi connectivity index (χ0) is 11.0. The molecule has 7 heteroatoms. The maximum atomic E-state index is 10.4. The van der Waals surface area contributed by atoms with Crippen molar-refractivity contribution in [1.82, 2.24) is 4.98 Å². The van der Waals surface area contributed by atoms with E-state index in [1.807, 2.05) is 0 Å². The van der Waals surface area contributed by atoms with E-state index in [-0.39, 0.29) is 26.0 Å². The quantitative estimate of drug-likeness (QED) is 0.603. The summed E-state index contributed by atoms with van der Waals surface area (Å²) in [4.78, 5) is 23.3. The molecule has 0 aromatic carbocycles. The van der Waals surface area contributed by atoms with E-state index in [0.29, 0.717) is 5.56 Å². The maximum absolute atomic E-state index is 10.4. The van der Waals surface area contributed by atoms with E-state index >= 15 is 0 Å². The van der Waals surface area contributed by atoms with Gasteiger partial charge >= 0.3 is 5.97 Å². The Labute approximate surface area is 99.4 Å². The fourth-order valence-electron chi connectivity index (χ4n) is 0.509. The number of carbonyl (C=O) groups excluding carboxylic acids is 1. The summed E-state index contributed by atoms with van der Waals surface area (Å²) in [7, 11) is 0. The molecule has 0 saturated carbocycles. The number of amides is 1. The number of hydrogen-bond donors (Lipinski definition) is 3. The van der Waals surface area contributed by atoms with Crippen molar-refractivity contribution >= 4 is 11.9 Å². The Morgan fingerprint density at radius 3 is 2.20 bits per heavy atom. The van der Waals surface area contributed by atoms with Gasteiger partial charge in [-0.1, -0.05) is 0 Å². The molecule has 0 spiro atoms. The molecule has 0 radical (unpaired) electrons. The van der Waals surface area contributed by atoms with E-state index in [2.05, 4.69) is 10.7 Å². The first-order chi connectivity index (χ1) is 6.57. The predicted octanol–water partition coefficient (Wildman–Crippen LogP) is -0.792. The molecular formula is C8H11N3O3Zn. The van der Waals surface area contributed by atoms with Gasteiger partial charge in [-0.15, -0.1) is 0 Å². The number of carbonyl (C=O) groups is 2. The van der Waals surface area contributed by atoms with Crippen LogP contribution >= 0.6 is 0 Å². The average Bonchev–Trinajstić information content (AvgIpc) is 2.20. The number of nitrogens with two attached hydrogens (primary N) is 2. The number of hydrogen-bond acceptors (Lipinski definition) is 4. The van der Waals surface area contributed by atoms with Crippen molar-refractivity contribution in [3.05, 3.63) is 30.1 Å². The Morgan fingerprint density at radius 1 is 1.47 bits per heavy atom. The normalized spacial score (nSPS) is 7.80. The minimum absolute atomic E-state index is 0. The fraction of sp³-hybridized carbons (Fsp3) is 0.125. The SMILES string of the molecule is NC(=O)c1cccnc1.NCC(=O)O.[Zn].